The molecule has 0 aliphatic heterocycles. The summed E-state index contributed by atoms with van der Waals surface area (Å²) in [5.74, 6) is -1.77. The number of amides is 1. The number of hydrogen-bond donors (Lipinski definition) is 2. The minimum Gasteiger partial charge on any atom is -0.480 e. The first-order valence-corrected chi connectivity index (χ1v) is 8.79. The molecule has 0 radical (unpaired) electrons. The molecule has 0 aliphatic rings. The Hall–Kier alpha value is -3.03. The van der Waals surface area contributed by atoms with Gasteiger partial charge < -0.3 is 19.9 Å². The summed E-state index contributed by atoms with van der Waals surface area (Å²) in [5.41, 5.74) is 1.79. The first-order valence-electron chi connectivity index (χ1n) is 8.79. The van der Waals surface area contributed by atoms with Crippen molar-refractivity contribution in [2.75, 3.05) is 26.9 Å². The van der Waals surface area contributed by atoms with Crippen LogP contribution in [-0.4, -0.2) is 55.7 Å². The second-order valence-electron chi connectivity index (χ2n) is 6.10. The molecule has 28 heavy (non-hydrogen) atoms. The summed E-state index contributed by atoms with van der Waals surface area (Å²) in [5, 5.41) is 11.8. The SMILES string of the molecule is COCCOCC(=O)N[C@@H](Cc1ccc(C(=O)c2ccccc2)cc1)C(=O)O. The number of methoxy groups -OCH3 is 1. The third-order valence-electron chi connectivity index (χ3n) is 3.99. The van der Waals surface area contributed by atoms with E-state index in [1.807, 2.05) is 6.07 Å². The topological polar surface area (TPSA) is 102 Å². The van der Waals surface area contributed by atoms with E-state index < -0.39 is 17.9 Å². The molecule has 7 heteroatoms. The van der Waals surface area contributed by atoms with Gasteiger partial charge >= 0.3 is 5.97 Å². The van der Waals surface area contributed by atoms with Crippen molar-refractivity contribution in [2.45, 2.75) is 12.5 Å². The molecule has 2 aromatic carbocycles. The minimum absolute atomic E-state index is 0.0962. The van der Waals surface area contributed by atoms with Crippen LogP contribution in [0.4, 0.5) is 0 Å². The van der Waals surface area contributed by atoms with Gasteiger partial charge in [-0.2, -0.15) is 0 Å². The fourth-order valence-corrected chi connectivity index (χ4v) is 2.53. The lowest BCUT2D eigenvalue weighted by Crippen LogP contribution is -2.44. The Balaban J connectivity index is 1.95. The molecule has 0 heterocycles. The second-order valence-corrected chi connectivity index (χ2v) is 6.10. The monoisotopic (exact) mass is 385 g/mol. The smallest absolute Gasteiger partial charge is 0.326 e. The van der Waals surface area contributed by atoms with Crippen LogP contribution in [0.25, 0.3) is 0 Å². The van der Waals surface area contributed by atoms with Crippen LogP contribution in [0.5, 0.6) is 0 Å². The van der Waals surface area contributed by atoms with Gasteiger partial charge in [0.1, 0.15) is 12.6 Å². The van der Waals surface area contributed by atoms with Crippen molar-refractivity contribution >= 4 is 17.7 Å². The summed E-state index contributed by atoms with van der Waals surface area (Å²) in [4.78, 5) is 35.7. The number of aliphatic carboxylic acids is 1. The predicted octanol–water partition coefficient (Wildman–Crippen LogP) is 1.69. The zero-order valence-corrected chi connectivity index (χ0v) is 15.6. The summed E-state index contributed by atoms with van der Waals surface area (Å²) in [6.07, 6.45) is 0.0962. The second kappa shape index (κ2) is 11.0. The van der Waals surface area contributed by atoms with E-state index in [1.54, 1.807) is 48.5 Å². The molecule has 0 saturated heterocycles. The molecular formula is C21H23NO6. The van der Waals surface area contributed by atoms with E-state index in [0.29, 0.717) is 23.3 Å². The van der Waals surface area contributed by atoms with Crippen molar-refractivity contribution in [3.8, 4) is 0 Å². The molecule has 0 spiro atoms. The zero-order chi connectivity index (χ0) is 20.4. The summed E-state index contributed by atoms with van der Waals surface area (Å²) >= 11 is 0. The van der Waals surface area contributed by atoms with Gasteiger partial charge in [-0.3, -0.25) is 9.59 Å². The number of carbonyl (C=O) groups is 3. The van der Waals surface area contributed by atoms with Crippen molar-refractivity contribution in [2.24, 2.45) is 0 Å². The number of carboxylic acid groups (broad SMARTS) is 1. The molecular weight excluding hydrogens is 362 g/mol. The summed E-state index contributed by atoms with van der Waals surface area (Å²) < 4.78 is 9.89. The maximum absolute atomic E-state index is 12.4. The Labute approximate surface area is 163 Å². The number of carboxylic acids is 1. The van der Waals surface area contributed by atoms with Gasteiger partial charge in [0.15, 0.2) is 5.78 Å². The van der Waals surface area contributed by atoms with E-state index in [9.17, 15) is 19.5 Å². The molecule has 0 aliphatic carbocycles. The van der Waals surface area contributed by atoms with Crippen LogP contribution in [0.3, 0.4) is 0 Å². The number of rotatable bonds is 11. The van der Waals surface area contributed by atoms with Gasteiger partial charge in [0.2, 0.25) is 5.91 Å². The van der Waals surface area contributed by atoms with E-state index in [4.69, 9.17) is 9.47 Å². The maximum atomic E-state index is 12.4. The average molecular weight is 385 g/mol. The third kappa shape index (κ3) is 6.61. The molecule has 2 N–H and O–H groups in total. The van der Waals surface area contributed by atoms with E-state index >= 15 is 0 Å². The average Bonchev–Trinajstić information content (AvgIpc) is 2.71. The lowest BCUT2D eigenvalue weighted by molar-refractivity contribution is -0.142. The lowest BCUT2D eigenvalue weighted by Gasteiger charge is -2.15. The molecule has 7 nitrogen and oxygen atoms in total. The maximum Gasteiger partial charge on any atom is 0.326 e. The molecule has 0 unspecified atom stereocenters. The summed E-state index contributed by atoms with van der Waals surface area (Å²) in [7, 11) is 1.52. The standard InChI is InChI=1S/C21H23NO6/c1-27-11-12-28-14-19(23)22-18(21(25)26)13-15-7-9-17(10-8-15)20(24)16-5-3-2-4-6-16/h2-10,18H,11-14H2,1H3,(H,22,23)(H,25,26)/t18-/m0/s1. The van der Waals surface area contributed by atoms with Crippen molar-refractivity contribution in [1.29, 1.82) is 0 Å². The summed E-state index contributed by atoms with van der Waals surface area (Å²) in [6.45, 7) is 0.361. The Kier molecular flexibility index (Phi) is 8.33. The number of hydrogen-bond acceptors (Lipinski definition) is 5. The van der Waals surface area contributed by atoms with E-state index in [0.717, 1.165) is 0 Å². The number of benzene rings is 2. The number of ether oxygens (including phenoxy) is 2. The normalized spacial score (nSPS) is 11.6. The van der Waals surface area contributed by atoms with Gasteiger partial charge in [0.25, 0.3) is 0 Å². The summed E-state index contributed by atoms with van der Waals surface area (Å²) in [6, 6.07) is 14.5. The Morgan fingerprint density at radius 3 is 2.21 bits per heavy atom. The molecule has 2 rings (SSSR count). The fraction of sp³-hybridized carbons (Fsp3) is 0.286. The Morgan fingerprint density at radius 1 is 0.964 bits per heavy atom. The van der Waals surface area contributed by atoms with Crippen LogP contribution in [0.1, 0.15) is 21.5 Å². The molecule has 0 bridgehead atoms. The Bertz CT molecular complexity index is 788. The van der Waals surface area contributed by atoms with Crippen LogP contribution in [-0.2, 0) is 25.5 Å². The molecule has 148 valence electrons. The highest BCUT2D eigenvalue weighted by Gasteiger charge is 2.20. The van der Waals surface area contributed by atoms with Gasteiger partial charge in [0.05, 0.1) is 13.2 Å². The van der Waals surface area contributed by atoms with Crippen LogP contribution in [0.2, 0.25) is 0 Å². The molecule has 1 atom stereocenters. The van der Waals surface area contributed by atoms with E-state index in [-0.39, 0.29) is 25.4 Å². The fourth-order valence-electron chi connectivity index (χ4n) is 2.53. The van der Waals surface area contributed by atoms with Gasteiger partial charge in [-0.15, -0.1) is 0 Å². The van der Waals surface area contributed by atoms with Crippen LogP contribution >= 0.6 is 0 Å². The van der Waals surface area contributed by atoms with Gasteiger partial charge in [-0.25, -0.2) is 4.79 Å². The van der Waals surface area contributed by atoms with Crippen molar-refractivity contribution in [3.05, 3.63) is 71.3 Å². The quantitative estimate of drug-likeness (QED) is 0.451. The van der Waals surface area contributed by atoms with Crippen molar-refractivity contribution in [1.82, 2.24) is 5.32 Å². The molecule has 2 aromatic rings. The first kappa shape index (κ1) is 21.3. The van der Waals surface area contributed by atoms with Crippen molar-refractivity contribution in [3.63, 3.8) is 0 Å². The number of carbonyl (C=O) groups excluding carboxylic acids is 2. The van der Waals surface area contributed by atoms with Crippen LogP contribution in [0, 0.1) is 0 Å². The zero-order valence-electron chi connectivity index (χ0n) is 15.6. The van der Waals surface area contributed by atoms with E-state index in [1.165, 1.54) is 7.11 Å². The molecule has 0 fully saturated rings. The highest BCUT2D eigenvalue weighted by molar-refractivity contribution is 6.08. The van der Waals surface area contributed by atoms with Crippen LogP contribution < -0.4 is 5.32 Å². The number of nitrogens with one attached hydrogen (secondary N) is 1. The van der Waals surface area contributed by atoms with Crippen LogP contribution in [0.15, 0.2) is 54.6 Å². The van der Waals surface area contributed by atoms with E-state index in [2.05, 4.69) is 5.32 Å². The third-order valence-corrected chi connectivity index (χ3v) is 3.99. The lowest BCUT2D eigenvalue weighted by atomic mass is 9.99. The minimum atomic E-state index is -1.14. The van der Waals surface area contributed by atoms with Gasteiger partial charge in [-0.1, -0.05) is 54.6 Å². The van der Waals surface area contributed by atoms with Gasteiger partial charge in [0, 0.05) is 24.7 Å². The molecule has 0 aromatic heterocycles. The predicted molar refractivity (Wildman–Crippen MR) is 102 cm³/mol. The van der Waals surface area contributed by atoms with Gasteiger partial charge in [-0.05, 0) is 5.56 Å². The molecule has 1 amide bonds. The highest BCUT2D eigenvalue weighted by atomic mass is 16.5. The highest BCUT2D eigenvalue weighted by Crippen LogP contribution is 2.12. The van der Waals surface area contributed by atoms with Crippen molar-refractivity contribution < 1.29 is 29.0 Å². The molecule has 0 saturated carbocycles. The largest absolute Gasteiger partial charge is 0.480 e. The number of ketones is 1. The first-order chi connectivity index (χ1) is 13.5. The Morgan fingerprint density at radius 2 is 1.61 bits per heavy atom.